The maximum atomic E-state index is 15.0. The van der Waals surface area contributed by atoms with Gasteiger partial charge in [-0.3, -0.25) is 0 Å². The lowest BCUT2D eigenvalue weighted by Crippen LogP contribution is -2.49. The lowest BCUT2D eigenvalue weighted by Gasteiger charge is -2.36. The minimum Gasteiger partial charge on any atom is -0.508 e. The van der Waals surface area contributed by atoms with Crippen molar-refractivity contribution in [2.24, 2.45) is 0 Å². The summed E-state index contributed by atoms with van der Waals surface area (Å²) < 4.78 is 33.5. The van der Waals surface area contributed by atoms with E-state index >= 15 is 0 Å². The number of aromatic nitrogens is 1. The van der Waals surface area contributed by atoms with Crippen LogP contribution in [0.3, 0.4) is 0 Å². The summed E-state index contributed by atoms with van der Waals surface area (Å²) in [7, 11) is 0.00708. The molecule has 5 aromatic rings. The highest BCUT2D eigenvalue weighted by atomic mass is 32.2. The molecule has 0 aliphatic carbocycles. The Labute approximate surface area is 259 Å². The fourth-order valence-electron chi connectivity index (χ4n) is 6.19. The number of anilines is 1. The number of hydrogen-bond acceptors (Lipinski definition) is 6. The van der Waals surface area contributed by atoms with Gasteiger partial charge < -0.3 is 24.6 Å². The van der Waals surface area contributed by atoms with Crippen LogP contribution in [0.25, 0.3) is 10.9 Å². The standard InChI is InChI=1S/C35H38N4O4S/c1-36(2)20-25-39-32-11-7-6-10-31(32)34(33(26-12-16-29(40)17-13-26)27-14-18-30(41)19-15-27)35(39)44(42,43)38-23-21-37(22-24-38)28-8-4-3-5-9-28/h3-19,33,40-41H,20-25H2,1-2H3. The summed E-state index contributed by atoms with van der Waals surface area (Å²) in [6.07, 6.45) is 0. The van der Waals surface area contributed by atoms with E-state index in [1.54, 1.807) is 28.6 Å². The molecule has 1 aromatic heterocycles. The van der Waals surface area contributed by atoms with Gasteiger partial charge in [0, 0.05) is 67.3 Å². The van der Waals surface area contributed by atoms with Crippen molar-refractivity contribution in [2.75, 3.05) is 51.7 Å². The van der Waals surface area contributed by atoms with E-state index in [4.69, 9.17) is 0 Å². The lowest BCUT2D eigenvalue weighted by molar-refractivity contribution is 0.366. The fourth-order valence-corrected chi connectivity index (χ4v) is 8.06. The van der Waals surface area contributed by atoms with Gasteiger partial charge in [0.05, 0.1) is 0 Å². The molecular weight excluding hydrogens is 572 g/mol. The summed E-state index contributed by atoms with van der Waals surface area (Å²) in [5.74, 6) is -0.205. The van der Waals surface area contributed by atoms with Crippen molar-refractivity contribution in [2.45, 2.75) is 17.5 Å². The highest BCUT2D eigenvalue weighted by molar-refractivity contribution is 7.89. The third-order valence-electron chi connectivity index (χ3n) is 8.42. The largest absolute Gasteiger partial charge is 0.508 e. The Morgan fingerprint density at radius 3 is 1.84 bits per heavy atom. The molecule has 8 nitrogen and oxygen atoms in total. The molecule has 1 aliphatic heterocycles. The summed E-state index contributed by atoms with van der Waals surface area (Å²) in [4.78, 5) is 4.28. The van der Waals surface area contributed by atoms with Gasteiger partial charge >= 0.3 is 0 Å². The average molecular weight is 611 g/mol. The third kappa shape index (κ3) is 5.78. The molecule has 2 heterocycles. The van der Waals surface area contributed by atoms with Crippen LogP contribution in [0.5, 0.6) is 11.5 Å². The van der Waals surface area contributed by atoms with Crippen LogP contribution in [0.1, 0.15) is 22.6 Å². The van der Waals surface area contributed by atoms with Crippen molar-refractivity contribution in [1.29, 1.82) is 0 Å². The van der Waals surface area contributed by atoms with Crippen LogP contribution < -0.4 is 4.90 Å². The normalized spacial score (nSPS) is 14.6. The summed E-state index contributed by atoms with van der Waals surface area (Å²) >= 11 is 0. The van der Waals surface area contributed by atoms with E-state index in [-0.39, 0.29) is 11.5 Å². The number of likely N-dealkylation sites (N-methyl/N-ethyl adjacent to an activating group) is 1. The minimum absolute atomic E-state index is 0.135. The minimum atomic E-state index is -3.96. The van der Waals surface area contributed by atoms with Crippen molar-refractivity contribution < 1.29 is 18.6 Å². The molecule has 0 bridgehead atoms. The number of rotatable bonds is 9. The molecule has 0 unspecified atom stereocenters. The maximum Gasteiger partial charge on any atom is 0.259 e. The van der Waals surface area contributed by atoms with Gasteiger partial charge in [-0.05, 0) is 67.7 Å². The SMILES string of the molecule is CN(C)CCn1c(S(=O)(=O)N2CCN(c3ccccc3)CC2)c(C(c2ccc(O)cc2)c2ccc(O)cc2)c2ccccc21. The van der Waals surface area contributed by atoms with Crippen LogP contribution in [0.2, 0.25) is 0 Å². The Kier molecular flexibility index (Phi) is 8.35. The van der Waals surface area contributed by atoms with Gasteiger partial charge in [-0.15, -0.1) is 0 Å². The van der Waals surface area contributed by atoms with Crippen molar-refractivity contribution in [3.8, 4) is 11.5 Å². The Balaban J connectivity index is 1.54. The number of sulfonamides is 1. The topological polar surface area (TPSA) is 89.3 Å². The number of benzene rings is 4. The first kappa shape index (κ1) is 29.7. The second-order valence-corrected chi connectivity index (χ2v) is 13.4. The number of piperazine rings is 1. The molecule has 0 radical (unpaired) electrons. The molecule has 1 saturated heterocycles. The molecule has 2 N–H and O–H groups in total. The Morgan fingerprint density at radius 1 is 0.727 bits per heavy atom. The second-order valence-electron chi connectivity index (χ2n) is 11.5. The predicted molar refractivity (Wildman–Crippen MR) is 175 cm³/mol. The highest BCUT2D eigenvalue weighted by Crippen LogP contribution is 2.43. The van der Waals surface area contributed by atoms with Crippen molar-refractivity contribution in [3.05, 3.63) is 120 Å². The molecule has 9 heteroatoms. The van der Waals surface area contributed by atoms with Crippen LogP contribution in [-0.2, 0) is 16.6 Å². The van der Waals surface area contributed by atoms with E-state index < -0.39 is 15.9 Å². The van der Waals surface area contributed by atoms with Gasteiger partial charge in [-0.2, -0.15) is 4.31 Å². The molecule has 4 aromatic carbocycles. The molecular formula is C35H38N4O4S. The van der Waals surface area contributed by atoms with E-state index in [9.17, 15) is 18.6 Å². The molecule has 1 fully saturated rings. The van der Waals surface area contributed by atoms with Gasteiger partial charge in [0.1, 0.15) is 11.5 Å². The highest BCUT2D eigenvalue weighted by Gasteiger charge is 2.38. The number of fused-ring (bicyclic) bond motifs is 1. The van der Waals surface area contributed by atoms with Gasteiger partial charge in [0.2, 0.25) is 0 Å². The molecule has 6 rings (SSSR count). The second kappa shape index (κ2) is 12.4. The Bertz CT molecular complexity index is 1780. The molecule has 0 saturated carbocycles. The van der Waals surface area contributed by atoms with Crippen LogP contribution in [0.15, 0.2) is 108 Å². The van der Waals surface area contributed by atoms with Crippen molar-refractivity contribution in [3.63, 3.8) is 0 Å². The first-order valence-corrected chi connectivity index (χ1v) is 16.3. The average Bonchev–Trinajstić information content (AvgIpc) is 3.37. The van der Waals surface area contributed by atoms with E-state index in [1.807, 2.05) is 85.4 Å². The molecule has 0 spiro atoms. The van der Waals surface area contributed by atoms with Crippen LogP contribution in [-0.4, -0.2) is 79.2 Å². The number of para-hydroxylation sites is 2. The smallest absolute Gasteiger partial charge is 0.259 e. The zero-order valence-corrected chi connectivity index (χ0v) is 25.9. The first-order chi connectivity index (χ1) is 21.2. The van der Waals surface area contributed by atoms with E-state index in [0.29, 0.717) is 49.9 Å². The molecule has 44 heavy (non-hydrogen) atoms. The quantitative estimate of drug-likeness (QED) is 0.235. The molecule has 0 amide bonds. The predicted octanol–water partition coefficient (Wildman–Crippen LogP) is 5.31. The lowest BCUT2D eigenvalue weighted by atomic mass is 9.85. The molecule has 228 valence electrons. The number of aromatic hydroxyl groups is 2. The van der Waals surface area contributed by atoms with E-state index in [2.05, 4.69) is 21.9 Å². The molecule has 0 atom stereocenters. The monoisotopic (exact) mass is 610 g/mol. The summed E-state index contributed by atoms with van der Waals surface area (Å²) in [6, 6.07) is 31.9. The summed E-state index contributed by atoms with van der Waals surface area (Å²) in [5, 5.41) is 21.4. The van der Waals surface area contributed by atoms with Gasteiger partial charge in [0.15, 0.2) is 5.03 Å². The number of phenols is 2. The molecule has 1 aliphatic rings. The Morgan fingerprint density at radius 2 is 1.27 bits per heavy atom. The Hall–Kier alpha value is -4.31. The van der Waals surface area contributed by atoms with Gasteiger partial charge in [0.25, 0.3) is 10.0 Å². The van der Waals surface area contributed by atoms with Crippen LogP contribution >= 0.6 is 0 Å². The maximum absolute atomic E-state index is 15.0. The fraction of sp³-hybridized carbons (Fsp3) is 0.257. The third-order valence-corrected chi connectivity index (χ3v) is 10.4. The van der Waals surface area contributed by atoms with Gasteiger partial charge in [-0.1, -0.05) is 60.7 Å². The van der Waals surface area contributed by atoms with Crippen LogP contribution in [0.4, 0.5) is 5.69 Å². The number of phenolic OH excluding ortho intramolecular Hbond substituents is 2. The van der Waals surface area contributed by atoms with Gasteiger partial charge in [-0.25, -0.2) is 8.42 Å². The van der Waals surface area contributed by atoms with Crippen LogP contribution in [0, 0.1) is 0 Å². The van der Waals surface area contributed by atoms with E-state index in [0.717, 1.165) is 27.7 Å². The number of hydrogen-bond donors (Lipinski definition) is 2. The number of nitrogens with zero attached hydrogens (tertiary/aromatic N) is 4. The zero-order valence-electron chi connectivity index (χ0n) is 25.0. The summed E-state index contributed by atoms with van der Waals surface area (Å²) in [6.45, 7) is 3.07. The van der Waals surface area contributed by atoms with Crippen molar-refractivity contribution in [1.82, 2.24) is 13.8 Å². The van der Waals surface area contributed by atoms with Crippen molar-refractivity contribution >= 4 is 26.6 Å². The zero-order chi connectivity index (χ0) is 30.8. The first-order valence-electron chi connectivity index (χ1n) is 14.9. The van der Waals surface area contributed by atoms with E-state index in [1.165, 1.54) is 0 Å². The summed E-state index contributed by atoms with van der Waals surface area (Å²) in [5.41, 5.74) is 4.32.